The van der Waals surface area contributed by atoms with E-state index in [4.69, 9.17) is 9.47 Å². The van der Waals surface area contributed by atoms with E-state index in [1.807, 2.05) is 0 Å². The van der Waals surface area contributed by atoms with Gasteiger partial charge in [0.15, 0.2) is 0 Å². The standard InChI is InChI=1S/C10H19F3NO2.K/c1-3-5-15-7-8-16-6-4-14-9(2)10(11,12)13;/h9,14H,1,3-8H2,2H3;/q-1;+1. The molecule has 0 bridgehead atoms. The normalized spacial score (nSPS) is 13.2. The van der Waals surface area contributed by atoms with Crippen molar-refractivity contribution in [3.05, 3.63) is 6.92 Å². The minimum atomic E-state index is -4.20. The monoisotopic (exact) mass is 281 g/mol. The van der Waals surface area contributed by atoms with Crippen molar-refractivity contribution in [3.63, 3.8) is 0 Å². The largest absolute Gasteiger partial charge is 1.00 e. The van der Waals surface area contributed by atoms with Crippen LogP contribution in [0.4, 0.5) is 13.2 Å². The summed E-state index contributed by atoms with van der Waals surface area (Å²) >= 11 is 0. The van der Waals surface area contributed by atoms with E-state index in [1.54, 1.807) is 0 Å². The predicted octanol–water partition coefficient (Wildman–Crippen LogP) is -1.21. The fourth-order valence-electron chi connectivity index (χ4n) is 0.887. The summed E-state index contributed by atoms with van der Waals surface area (Å²) in [6.45, 7) is 6.51. The summed E-state index contributed by atoms with van der Waals surface area (Å²) in [6, 6.07) is -1.50. The molecule has 3 nitrogen and oxygen atoms in total. The third-order valence-corrected chi connectivity index (χ3v) is 1.85. The van der Waals surface area contributed by atoms with Gasteiger partial charge in [-0.1, -0.05) is 0 Å². The maximum Gasteiger partial charge on any atom is 1.00 e. The summed E-state index contributed by atoms with van der Waals surface area (Å²) in [6.07, 6.45) is -3.50. The van der Waals surface area contributed by atoms with Crippen molar-refractivity contribution in [2.45, 2.75) is 25.6 Å². The van der Waals surface area contributed by atoms with Gasteiger partial charge in [-0.05, 0) is 6.92 Å². The second-order valence-corrected chi connectivity index (χ2v) is 3.30. The Labute approximate surface area is 143 Å². The van der Waals surface area contributed by atoms with Crippen LogP contribution in [0.1, 0.15) is 13.3 Å². The molecule has 0 fully saturated rings. The molecule has 0 saturated carbocycles. The van der Waals surface area contributed by atoms with E-state index in [0.717, 1.165) is 6.92 Å². The SMILES string of the molecule is [CH2-]CCOCCOCCNC(C)C(F)(F)F.[K+]. The van der Waals surface area contributed by atoms with Gasteiger partial charge in [0.05, 0.1) is 19.8 Å². The smallest absolute Gasteiger partial charge is 0.382 e. The molecule has 98 valence electrons. The van der Waals surface area contributed by atoms with Gasteiger partial charge < -0.3 is 21.7 Å². The summed E-state index contributed by atoms with van der Waals surface area (Å²) in [5, 5.41) is 2.32. The van der Waals surface area contributed by atoms with E-state index in [2.05, 4.69) is 12.2 Å². The van der Waals surface area contributed by atoms with E-state index in [1.165, 1.54) is 0 Å². The van der Waals surface area contributed by atoms with Gasteiger partial charge in [0.2, 0.25) is 0 Å². The molecule has 1 atom stereocenters. The molecule has 0 aromatic heterocycles. The molecule has 0 aliphatic rings. The predicted molar refractivity (Wildman–Crippen MR) is 55.1 cm³/mol. The Kier molecular flexibility index (Phi) is 15.0. The average molecular weight is 281 g/mol. The van der Waals surface area contributed by atoms with Gasteiger partial charge in [-0.25, -0.2) is 0 Å². The van der Waals surface area contributed by atoms with Gasteiger partial charge in [-0.15, -0.1) is 0 Å². The Morgan fingerprint density at radius 2 is 1.65 bits per heavy atom. The number of ether oxygens (including phenoxy) is 2. The first-order valence-corrected chi connectivity index (χ1v) is 5.23. The van der Waals surface area contributed by atoms with Gasteiger partial charge in [0, 0.05) is 13.2 Å². The first kappa shape index (κ1) is 20.6. The minimum absolute atomic E-state index is 0. The fraction of sp³-hybridized carbons (Fsp3) is 0.900. The molecule has 0 spiro atoms. The second-order valence-electron chi connectivity index (χ2n) is 3.30. The molecule has 0 aliphatic carbocycles. The van der Waals surface area contributed by atoms with Crippen LogP contribution in [0.5, 0.6) is 0 Å². The zero-order valence-electron chi connectivity index (χ0n) is 10.5. The van der Waals surface area contributed by atoms with Gasteiger partial charge in [0.25, 0.3) is 0 Å². The number of nitrogens with one attached hydrogen (secondary N) is 1. The Balaban J connectivity index is 0. The van der Waals surface area contributed by atoms with E-state index < -0.39 is 12.2 Å². The Morgan fingerprint density at radius 3 is 2.12 bits per heavy atom. The minimum Gasteiger partial charge on any atom is -0.382 e. The van der Waals surface area contributed by atoms with E-state index >= 15 is 0 Å². The Bertz CT molecular complexity index is 170. The molecule has 0 aliphatic heterocycles. The number of rotatable bonds is 9. The molecular weight excluding hydrogens is 262 g/mol. The number of halogens is 3. The summed E-state index contributed by atoms with van der Waals surface area (Å²) in [5.74, 6) is 0. The van der Waals surface area contributed by atoms with Gasteiger partial charge >= 0.3 is 57.6 Å². The van der Waals surface area contributed by atoms with Crippen LogP contribution >= 0.6 is 0 Å². The van der Waals surface area contributed by atoms with E-state index in [9.17, 15) is 13.2 Å². The summed E-state index contributed by atoms with van der Waals surface area (Å²) in [4.78, 5) is 0. The fourth-order valence-corrected chi connectivity index (χ4v) is 0.887. The molecule has 1 unspecified atom stereocenters. The van der Waals surface area contributed by atoms with Crippen LogP contribution in [-0.4, -0.2) is 45.2 Å². The summed E-state index contributed by atoms with van der Waals surface area (Å²) in [5.41, 5.74) is 0. The molecule has 1 N–H and O–H groups in total. The zero-order valence-corrected chi connectivity index (χ0v) is 13.6. The van der Waals surface area contributed by atoms with Crippen LogP contribution < -0.4 is 56.7 Å². The molecule has 17 heavy (non-hydrogen) atoms. The number of hydrogen-bond donors (Lipinski definition) is 1. The van der Waals surface area contributed by atoms with E-state index in [-0.39, 0.29) is 64.5 Å². The van der Waals surface area contributed by atoms with Gasteiger partial charge in [-0.2, -0.15) is 19.6 Å². The first-order valence-electron chi connectivity index (χ1n) is 5.23. The van der Waals surface area contributed by atoms with Crippen molar-refractivity contribution < 1.29 is 74.0 Å². The van der Waals surface area contributed by atoms with E-state index in [0.29, 0.717) is 26.2 Å². The molecule has 0 saturated heterocycles. The van der Waals surface area contributed by atoms with Crippen LogP contribution in [0.25, 0.3) is 0 Å². The Morgan fingerprint density at radius 1 is 1.12 bits per heavy atom. The van der Waals surface area contributed by atoms with Gasteiger partial charge in [0.1, 0.15) is 6.04 Å². The van der Waals surface area contributed by atoms with Crippen LogP contribution in [0, 0.1) is 6.92 Å². The third-order valence-electron chi connectivity index (χ3n) is 1.85. The molecular formula is C10H19F3KNO2. The quantitative estimate of drug-likeness (QED) is 0.327. The first-order chi connectivity index (χ1) is 7.48. The second kappa shape index (κ2) is 12.3. The number of alkyl halides is 3. The van der Waals surface area contributed by atoms with Crippen LogP contribution in [0.2, 0.25) is 0 Å². The van der Waals surface area contributed by atoms with Crippen molar-refractivity contribution in [1.82, 2.24) is 5.32 Å². The third kappa shape index (κ3) is 13.5. The van der Waals surface area contributed by atoms with Crippen LogP contribution in [0.3, 0.4) is 0 Å². The van der Waals surface area contributed by atoms with Crippen molar-refractivity contribution in [1.29, 1.82) is 0 Å². The van der Waals surface area contributed by atoms with Crippen LogP contribution in [0.15, 0.2) is 0 Å². The van der Waals surface area contributed by atoms with Crippen LogP contribution in [-0.2, 0) is 9.47 Å². The Hall–Kier alpha value is 1.31. The van der Waals surface area contributed by atoms with Crippen molar-refractivity contribution in [2.24, 2.45) is 0 Å². The maximum absolute atomic E-state index is 12.0. The summed E-state index contributed by atoms with van der Waals surface area (Å²) < 4.78 is 46.2. The molecule has 0 rings (SSSR count). The molecule has 7 heteroatoms. The molecule has 0 amide bonds. The average Bonchev–Trinajstić information content (AvgIpc) is 2.20. The van der Waals surface area contributed by atoms with Crippen molar-refractivity contribution in [3.8, 4) is 0 Å². The topological polar surface area (TPSA) is 30.5 Å². The molecule has 0 aromatic carbocycles. The van der Waals surface area contributed by atoms with Gasteiger partial charge in [-0.3, -0.25) is 0 Å². The van der Waals surface area contributed by atoms with Crippen molar-refractivity contribution >= 4 is 0 Å². The zero-order chi connectivity index (χ0) is 12.4. The molecule has 0 radical (unpaired) electrons. The number of hydrogen-bond acceptors (Lipinski definition) is 3. The maximum atomic E-state index is 12.0. The molecule has 0 aromatic rings. The summed E-state index contributed by atoms with van der Waals surface area (Å²) in [7, 11) is 0. The molecule has 0 heterocycles. The van der Waals surface area contributed by atoms with Crippen molar-refractivity contribution in [2.75, 3.05) is 33.0 Å².